The molecule has 134 valence electrons. The zero-order chi connectivity index (χ0) is 19.8. The van der Waals surface area contributed by atoms with E-state index in [1.165, 1.54) is 0 Å². The number of hydrogen-bond acceptors (Lipinski definition) is 6. The summed E-state index contributed by atoms with van der Waals surface area (Å²) in [6, 6.07) is 4.30. The second-order valence-corrected chi connectivity index (χ2v) is 4.99. The van der Waals surface area contributed by atoms with Crippen molar-refractivity contribution in [3.8, 4) is 22.6 Å². The molecule has 0 unspecified atom stereocenters. The van der Waals surface area contributed by atoms with Gasteiger partial charge in [-0.3, -0.25) is 0 Å². The number of aromatic hydroxyl groups is 2. The van der Waals surface area contributed by atoms with E-state index in [2.05, 4.69) is 0 Å². The molecule has 0 aliphatic heterocycles. The van der Waals surface area contributed by atoms with Crippen LogP contribution in [0.25, 0.3) is 11.1 Å². The number of hydrogen-bond donors (Lipinski definition) is 6. The third kappa shape index (κ3) is 2.86. The summed E-state index contributed by atoms with van der Waals surface area (Å²) in [7, 11) is 0. The molecule has 0 fully saturated rings. The van der Waals surface area contributed by atoms with E-state index >= 15 is 0 Å². The lowest BCUT2D eigenvalue weighted by Gasteiger charge is -2.17. The molecule has 0 spiro atoms. The van der Waals surface area contributed by atoms with Crippen molar-refractivity contribution in [1.29, 1.82) is 0 Å². The topological polar surface area (TPSA) is 190 Å². The lowest BCUT2D eigenvalue weighted by molar-refractivity contribution is 0.0632. The summed E-state index contributed by atoms with van der Waals surface area (Å²) in [5.41, 5.74) is -5.61. The van der Waals surface area contributed by atoms with Gasteiger partial charge in [-0.2, -0.15) is 0 Å². The van der Waals surface area contributed by atoms with Crippen molar-refractivity contribution in [2.75, 3.05) is 0 Å². The van der Waals surface area contributed by atoms with E-state index in [4.69, 9.17) is 0 Å². The number of aromatic carboxylic acids is 4. The highest BCUT2D eigenvalue weighted by Crippen LogP contribution is 2.40. The molecule has 10 heteroatoms. The monoisotopic (exact) mass is 362 g/mol. The first-order valence-corrected chi connectivity index (χ1v) is 6.73. The first-order chi connectivity index (χ1) is 12.1. The predicted octanol–water partition coefficient (Wildman–Crippen LogP) is 1.56. The van der Waals surface area contributed by atoms with Gasteiger partial charge in [-0.15, -0.1) is 0 Å². The molecule has 2 aromatic rings. The first kappa shape index (κ1) is 18.3. The van der Waals surface area contributed by atoms with E-state index in [1.807, 2.05) is 0 Å². The number of benzene rings is 2. The largest absolute Gasteiger partial charge is 0.508 e. The smallest absolute Gasteiger partial charge is 0.340 e. The van der Waals surface area contributed by atoms with E-state index < -0.39 is 57.4 Å². The molecule has 0 aliphatic carbocycles. The molecule has 0 atom stereocenters. The molecule has 10 nitrogen and oxygen atoms in total. The van der Waals surface area contributed by atoms with Crippen LogP contribution >= 0.6 is 0 Å². The van der Waals surface area contributed by atoms with Crippen LogP contribution in [0.5, 0.6) is 11.5 Å². The summed E-state index contributed by atoms with van der Waals surface area (Å²) < 4.78 is 0. The fraction of sp³-hybridized carbons (Fsp3) is 0. The average Bonchev–Trinajstić information content (AvgIpc) is 2.53. The second kappa shape index (κ2) is 6.43. The molecule has 0 saturated carbocycles. The average molecular weight is 362 g/mol. The van der Waals surface area contributed by atoms with Crippen molar-refractivity contribution >= 4 is 23.9 Å². The number of carboxylic acids is 4. The Morgan fingerprint density at radius 1 is 0.577 bits per heavy atom. The summed E-state index contributed by atoms with van der Waals surface area (Å²) in [6.45, 7) is 0. The van der Waals surface area contributed by atoms with Gasteiger partial charge in [0.1, 0.15) is 22.6 Å². The molecule has 2 aromatic carbocycles. The third-order valence-corrected chi connectivity index (χ3v) is 3.49. The van der Waals surface area contributed by atoms with Gasteiger partial charge in [0.25, 0.3) is 0 Å². The van der Waals surface area contributed by atoms with E-state index in [0.717, 1.165) is 24.3 Å². The van der Waals surface area contributed by atoms with Crippen LogP contribution in [-0.4, -0.2) is 54.5 Å². The molecule has 0 amide bonds. The van der Waals surface area contributed by atoms with Crippen LogP contribution in [-0.2, 0) is 0 Å². The van der Waals surface area contributed by atoms with Gasteiger partial charge in [-0.1, -0.05) is 12.1 Å². The van der Waals surface area contributed by atoms with E-state index in [1.54, 1.807) is 0 Å². The van der Waals surface area contributed by atoms with E-state index in [9.17, 15) is 49.8 Å². The van der Waals surface area contributed by atoms with Crippen LogP contribution in [0.2, 0.25) is 0 Å². The Morgan fingerprint density at radius 2 is 0.923 bits per heavy atom. The maximum absolute atomic E-state index is 11.6. The number of rotatable bonds is 5. The summed E-state index contributed by atoms with van der Waals surface area (Å²) in [5, 5.41) is 56.6. The maximum atomic E-state index is 11.6. The minimum absolute atomic E-state index is 0.178. The minimum atomic E-state index is -1.96. The summed E-state index contributed by atoms with van der Waals surface area (Å²) in [4.78, 5) is 46.1. The van der Waals surface area contributed by atoms with Gasteiger partial charge in [-0.25, -0.2) is 19.2 Å². The molecule has 0 bridgehead atoms. The Hall–Kier alpha value is -4.08. The van der Waals surface area contributed by atoms with Gasteiger partial charge in [0.2, 0.25) is 0 Å². The molecule has 0 saturated heterocycles. The standard InChI is InChI=1S/C16H10O10/c17-6-3-1-5(2-4-6)7-8(13(19)20)10(15(23)24)12(18)11(16(25)26)9(7)14(21)22/h1-4,17-18H,(H,19,20)(H,21,22)(H,23,24)(H,25,26). The highest BCUT2D eigenvalue weighted by atomic mass is 16.4. The zero-order valence-corrected chi connectivity index (χ0v) is 12.6. The Bertz CT molecular complexity index is 903. The Morgan fingerprint density at radius 3 is 1.23 bits per heavy atom. The van der Waals surface area contributed by atoms with Gasteiger partial charge in [0, 0.05) is 5.56 Å². The lowest BCUT2D eigenvalue weighted by Crippen LogP contribution is -2.19. The molecule has 2 rings (SSSR count). The fourth-order valence-corrected chi connectivity index (χ4v) is 2.50. The Kier molecular flexibility index (Phi) is 4.52. The second-order valence-electron chi connectivity index (χ2n) is 4.99. The van der Waals surface area contributed by atoms with E-state index in [0.29, 0.717) is 0 Å². The summed E-state index contributed by atoms with van der Waals surface area (Å²) in [6.07, 6.45) is 0. The van der Waals surface area contributed by atoms with Crippen LogP contribution in [0.3, 0.4) is 0 Å². The molecule has 0 aliphatic rings. The normalized spacial score (nSPS) is 10.3. The van der Waals surface area contributed by atoms with Gasteiger partial charge < -0.3 is 30.6 Å². The van der Waals surface area contributed by atoms with E-state index in [-0.39, 0.29) is 11.3 Å². The van der Waals surface area contributed by atoms with Gasteiger partial charge in [0.05, 0.1) is 11.1 Å². The SMILES string of the molecule is O=C(O)c1c(O)c(C(=O)O)c(C(=O)O)c(-c2ccc(O)cc2)c1C(=O)O. The molecular weight excluding hydrogens is 352 g/mol. The van der Waals surface area contributed by atoms with Crippen molar-refractivity contribution in [3.63, 3.8) is 0 Å². The van der Waals surface area contributed by atoms with Crippen molar-refractivity contribution in [2.24, 2.45) is 0 Å². The first-order valence-electron chi connectivity index (χ1n) is 6.73. The van der Waals surface area contributed by atoms with Crippen molar-refractivity contribution in [2.45, 2.75) is 0 Å². The predicted molar refractivity (Wildman–Crippen MR) is 83.0 cm³/mol. The van der Waals surface area contributed by atoms with Gasteiger partial charge in [0.15, 0.2) is 0 Å². The minimum Gasteiger partial charge on any atom is -0.508 e. The third-order valence-electron chi connectivity index (χ3n) is 3.49. The molecular formula is C16H10O10. The van der Waals surface area contributed by atoms with Crippen LogP contribution in [0.1, 0.15) is 41.4 Å². The van der Waals surface area contributed by atoms with Crippen molar-refractivity contribution in [3.05, 3.63) is 46.5 Å². The lowest BCUT2D eigenvalue weighted by atomic mass is 9.86. The summed E-state index contributed by atoms with van der Waals surface area (Å²) in [5.74, 6) is -9.43. The maximum Gasteiger partial charge on any atom is 0.340 e. The molecule has 0 aromatic heterocycles. The fourth-order valence-electron chi connectivity index (χ4n) is 2.50. The van der Waals surface area contributed by atoms with Crippen LogP contribution in [0.15, 0.2) is 24.3 Å². The molecule has 6 N–H and O–H groups in total. The number of carbonyl (C=O) groups is 4. The van der Waals surface area contributed by atoms with Crippen LogP contribution in [0.4, 0.5) is 0 Å². The number of phenolic OH excluding ortho intramolecular Hbond substituents is 1. The quantitative estimate of drug-likeness (QED) is 0.455. The number of phenols is 2. The van der Waals surface area contributed by atoms with Gasteiger partial charge >= 0.3 is 23.9 Å². The number of carboxylic acid groups (broad SMARTS) is 4. The molecule has 0 radical (unpaired) electrons. The van der Waals surface area contributed by atoms with Crippen molar-refractivity contribution in [1.82, 2.24) is 0 Å². The van der Waals surface area contributed by atoms with Crippen LogP contribution in [0, 0.1) is 0 Å². The molecule has 26 heavy (non-hydrogen) atoms. The van der Waals surface area contributed by atoms with Crippen molar-refractivity contribution < 1.29 is 49.8 Å². The Balaban J connectivity index is 3.19. The zero-order valence-electron chi connectivity index (χ0n) is 12.6. The summed E-state index contributed by atoms with van der Waals surface area (Å²) >= 11 is 0. The Labute approximate surface area is 143 Å². The van der Waals surface area contributed by atoms with Crippen LogP contribution < -0.4 is 0 Å². The molecule has 0 heterocycles. The van der Waals surface area contributed by atoms with Gasteiger partial charge in [-0.05, 0) is 17.7 Å². The highest BCUT2D eigenvalue weighted by Gasteiger charge is 2.36. The highest BCUT2D eigenvalue weighted by molar-refractivity contribution is 6.18.